The molecule has 0 atom stereocenters. The standard InChI is InChI=1S/C25H22N2O2/c1-16-11-13-18(14-12-16)25(29)26-24-22(19-8-6-7-17(2)15-19)23(28)20-9-4-5-10-21(20)27(24)3/h4-15H,1-3H3,(H,26,29). The zero-order chi connectivity index (χ0) is 20.5. The van der Waals surface area contributed by atoms with E-state index >= 15 is 0 Å². The van der Waals surface area contributed by atoms with Gasteiger partial charge in [0.2, 0.25) is 0 Å². The average molecular weight is 382 g/mol. The summed E-state index contributed by atoms with van der Waals surface area (Å²) in [4.78, 5) is 26.4. The second-order valence-corrected chi connectivity index (χ2v) is 7.32. The first-order valence-electron chi connectivity index (χ1n) is 9.52. The number of aryl methyl sites for hydroxylation is 3. The Hall–Kier alpha value is -3.66. The van der Waals surface area contributed by atoms with Crippen molar-refractivity contribution in [2.45, 2.75) is 13.8 Å². The third-order valence-electron chi connectivity index (χ3n) is 5.16. The molecule has 0 aliphatic rings. The minimum atomic E-state index is -0.246. The molecule has 0 aliphatic heterocycles. The zero-order valence-electron chi connectivity index (χ0n) is 16.7. The maximum absolute atomic E-state index is 13.4. The molecule has 1 N–H and O–H groups in total. The van der Waals surface area contributed by atoms with Crippen LogP contribution < -0.4 is 10.7 Å². The van der Waals surface area contributed by atoms with E-state index < -0.39 is 0 Å². The van der Waals surface area contributed by atoms with E-state index in [-0.39, 0.29) is 11.3 Å². The van der Waals surface area contributed by atoms with E-state index in [0.717, 1.165) is 22.2 Å². The topological polar surface area (TPSA) is 51.1 Å². The van der Waals surface area contributed by atoms with Crippen LogP contribution in [-0.4, -0.2) is 10.5 Å². The second-order valence-electron chi connectivity index (χ2n) is 7.32. The van der Waals surface area contributed by atoms with Gasteiger partial charge >= 0.3 is 0 Å². The molecule has 4 heteroatoms. The van der Waals surface area contributed by atoms with Gasteiger partial charge in [-0.15, -0.1) is 0 Å². The van der Waals surface area contributed by atoms with Gasteiger partial charge in [0.15, 0.2) is 5.43 Å². The van der Waals surface area contributed by atoms with Gasteiger partial charge in [0.05, 0.1) is 11.1 Å². The molecule has 0 fully saturated rings. The molecule has 0 aliphatic carbocycles. The van der Waals surface area contributed by atoms with Gasteiger partial charge in [0, 0.05) is 18.0 Å². The molecule has 4 nitrogen and oxygen atoms in total. The molecule has 29 heavy (non-hydrogen) atoms. The van der Waals surface area contributed by atoms with E-state index in [1.807, 2.05) is 86.1 Å². The monoisotopic (exact) mass is 382 g/mol. The molecule has 4 rings (SSSR count). The van der Waals surface area contributed by atoms with E-state index in [1.54, 1.807) is 12.1 Å². The van der Waals surface area contributed by atoms with Crippen molar-refractivity contribution in [1.29, 1.82) is 0 Å². The summed E-state index contributed by atoms with van der Waals surface area (Å²) in [6.45, 7) is 3.96. The molecule has 0 bridgehead atoms. The minimum absolute atomic E-state index is 0.0940. The van der Waals surface area contributed by atoms with Gasteiger partial charge in [0.1, 0.15) is 5.82 Å². The Bertz CT molecular complexity index is 1280. The van der Waals surface area contributed by atoms with Gasteiger partial charge < -0.3 is 9.88 Å². The van der Waals surface area contributed by atoms with Crippen LogP contribution in [0.5, 0.6) is 0 Å². The predicted molar refractivity (Wildman–Crippen MR) is 118 cm³/mol. The number of rotatable bonds is 3. The lowest BCUT2D eigenvalue weighted by Gasteiger charge is -2.18. The van der Waals surface area contributed by atoms with Crippen molar-refractivity contribution in [3.8, 4) is 11.1 Å². The second kappa shape index (κ2) is 7.40. The Kier molecular flexibility index (Phi) is 4.77. The fraction of sp³-hybridized carbons (Fsp3) is 0.120. The lowest BCUT2D eigenvalue weighted by Crippen LogP contribution is -2.21. The van der Waals surface area contributed by atoms with Crippen LogP contribution in [0.15, 0.2) is 77.6 Å². The summed E-state index contributed by atoms with van der Waals surface area (Å²) in [5, 5.41) is 3.61. The number of aromatic nitrogens is 1. The smallest absolute Gasteiger partial charge is 0.256 e. The highest BCUT2D eigenvalue weighted by Gasteiger charge is 2.19. The number of carbonyl (C=O) groups is 1. The number of pyridine rings is 1. The molecule has 0 saturated carbocycles. The number of para-hydroxylation sites is 1. The van der Waals surface area contributed by atoms with Crippen LogP contribution >= 0.6 is 0 Å². The van der Waals surface area contributed by atoms with Crippen LogP contribution in [0, 0.1) is 13.8 Å². The number of nitrogens with one attached hydrogen (secondary N) is 1. The first-order valence-corrected chi connectivity index (χ1v) is 9.52. The molecular weight excluding hydrogens is 360 g/mol. The molecule has 1 aromatic heterocycles. The summed E-state index contributed by atoms with van der Waals surface area (Å²) < 4.78 is 1.88. The van der Waals surface area contributed by atoms with E-state index in [2.05, 4.69) is 5.32 Å². The van der Waals surface area contributed by atoms with E-state index in [0.29, 0.717) is 22.3 Å². The first-order chi connectivity index (χ1) is 14.0. The number of hydrogen-bond donors (Lipinski definition) is 1. The fourth-order valence-corrected chi connectivity index (χ4v) is 3.59. The number of carbonyl (C=O) groups excluding carboxylic acids is 1. The van der Waals surface area contributed by atoms with Gasteiger partial charge in [-0.25, -0.2) is 0 Å². The molecule has 4 aromatic rings. The summed E-state index contributed by atoms with van der Waals surface area (Å²) in [6, 6.07) is 22.6. The number of fused-ring (bicyclic) bond motifs is 1. The third-order valence-corrected chi connectivity index (χ3v) is 5.16. The van der Waals surface area contributed by atoms with Gasteiger partial charge in [-0.3, -0.25) is 9.59 Å². The van der Waals surface area contributed by atoms with Crippen molar-refractivity contribution in [1.82, 2.24) is 4.57 Å². The lowest BCUT2D eigenvalue weighted by atomic mass is 10.0. The fourth-order valence-electron chi connectivity index (χ4n) is 3.59. The Morgan fingerprint density at radius 1 is 0.862 bits per heavy atom. The van der Waals surface area contributed by atoms with Crippen LogP contribution in [0.4, 0.5) is 5.82 Å². The number of benzene rings is 3. The normalized spacial score (nSPS) is 10.9. The lowest BCUT2D eigenvalue weighted by molar-refractivity contribution is 0.102. The molecule has 1 amide bonds. The number of amides is 1. The van der Waals surface area contributed by atoms with Crippen LogP contribution in [-0.2, 0) is 7.05 Å². The molecular formula is C25H22N2O2. The van der Waals surface area contributed by atoms with Gasteiger partial charge in [-0.1, -0.05) is 59.7 Å². The van der Waals surface area contributed by atoms with E-state index in [1.165, 1.54) is 0 Å². The van der Waals surface area contributed by atoms with Crippen molar-refractivity contribution in [2.75, 3.05) is 5.32 Å². The molecule has 1 heterocycles. The quantitative estimate of drug-likeness (QED) is 0.537. The van der Waals surface area contributed by atoms with Gasteiger partial charge in [-0.2, -0.15) is 0 Å². The number of hydrogen-bond acceptors (Lipinski definition) is 2. The maximum Gasteiger partial charge on any atom is 0.256 e. The summed E-state index contributed by atoms with van der Waals surface area (Å²) in [6.07, 6.45) is 0. The van der Waals surface area contributed by atoms with Crippen LogP contribution in [0.2, 0.25) is 0 Å². The minimum Gasteiger partial charge on any atom is -0.330 e. The zero-order valence-corrected chi connectivity index (χ0v) is 16.7. The van der Waals surface area contributed by atoms with Crippen molar-refractivity contribution < 1.29 is 4.79 Å². The molecule has 144 valence electrons. The summed E-state index contributed by atoms with van der Waals surface area (Å²) in [5.74, 6) is 0.244. The Balaban J connectivity index is 1.95. The number of anilines is 1. The summed E-state index contributed by atoms with van der Waals surface area (Å²) >= 11 is 0. The van der Waals surface area contributed by atoms with Crippen LogP contribution in [0.1, 0.15) is 21.5 Å². The van der Waals surface area contributed by atoms with Crippen molar-refractivity contribution in [2.24, 2.45) is 7.05 Å². The third kappa shape index (κ3) is 3.45. The molecule has 0 unspecified atom stereocenters. The van der Waals surface area contributed by atoms with Crippen molar-refractivity contribution in [3.63, 3.8) is 0 Å². The SMILES string of the molecule is Cc1ccc(C(=O)Nc2c(-c3cccc(C)c3)c(=O)c3ccccc3n2C)cc1. The Morgan fingerprint density at radius 2 is 1.59 bits per heavy atom. The van der Waals surface area contributed by atoms with E-state index in [4.69, 9.17) is 0 Å². The average Bonchev–Trinajstić information content (AvgIpc) is 2.72. The molecule has 3 aromatic carbocycles. The summed E-state index contributed by atoms with van der Waals surface area (Å²) in [5.41, 5.74) is 4.64. The summed E-state index contributed by atoms with van der Waals surface area (Å²) in [7, 11) is 1.87. The van der Waals surface area contributed by atoms with Crippen molar-refractivity contribution in [3.05, 3.63) is 99.7 Å². The van der Waals surface area contributed by atoms with Gasteiger partial charge in [0.25, 0.3) is 5.91 Å². The molecule has 0 radical (unpaired) electrons. The largest absolute Gasteiger partial charge is 0.330 e. The Morgan fingerprint density at radius 3 is 2.31 bits per heavy atom. The highest BCUT2D eigenvalue weighted by molar-refractivity contribution is 6.06. The maximum atomic E-state index is 13.4. The number of nitrogens with zero attached hydrogens (tertiary/aromatic N) is 1. The van der Waals surface area contributed by atoms with Crippen molar-refractivity contribution >= 4 is 22.6 Å². The van der Waals surface area contributed by atoms with Gasteiger partial charge in [-0.05, 0) is 43.7 Å². The highest BCUT2D eigenvalue weighted by atomic mass is 16.1. The van der Waals surface area contributed by atoms with E-state index in [9.17, 15) is 9.59 Å². The van der Waals surface area contributed by atoms with Crippen LogP contribution in [0.25, 0.3) is 22.0 Å². The molecule has 0 saturated heterocycles. The molecule has 0 spiro atoms. The highest BCUT2D eigenvalue weighted by Crippen LogP contribution is 2.29. The predicted octanol–water partition coefficient (Wildman–Crippen LogP) is 5.07. The Labute approximate surface area is 169 Å². The van der Waals surface area contributed by atoms with Crippen LogP contribution in [0.3, 0.4) is 0 Å². The first kappa shape index (κ1) is 18.7.